The fraction of sp³-hybridized carbons (Fsp3) is 0.708. The molecule has 4 nitrogen and oxygen atoms in total. The molecule has 0 heterocycles. The number of hydrogen-bond donors (Lipinski definition) is 0. The van der Waals surface area contributed by atoms with Crippen molar-refractivity contribution >= 4 is 14.3 Å². The normalized spacial score (nSPS) is 25.1. The Balaban J connectivity index is 1.67. The largest absolute Gasteiger partial charge is 0.541 e. The molecule has 0 radical (unpaired) electrons. The van der Waals surface area contributed by atoms with Crippen molar-refractivity contribution in [2.75, 3.05) is 7.11 Å². The molecule has 162 valence electrons. The third-order valence-electron chi connectivity index (χ3n) is 7.34. The van der Waals surface area contributed by atoms with Gasteiger partial charge in [-0.1, -0.05) is 46.5 Å². The van der Waals surface area contributed by atoms with E-state index in [1.807, 2.05) is 6.07 Å². The predicted octanol–water partition coefficient (Wildman–Crippen LogP) is 6.59. The van der Waals surface area contributed by atoms with E-state index in [9.17, 15) is 4.79 Å². The van der Waals surface area contributed by atoms with Crippen LogP contribution in [-0.4, -0.2) is 27.5 Å². The highest BCUT2D eigenvalue weighted by Gasteiger charge is 2.39. The SMILES string of the molecule is COc1cc(C(=O)OC2CCC3CCCCC3C2)ccc1O[Si](C)(C)C(C)(C)C. The Morgan fingerprint density at radius 3 is 2.34 bits per heavy atom. The molecule has 0 aliphatic heterocycles. The summed E-state index contributed by atoms with van der Waals surface area (Å²) in [5, 5.41) is 0.0908. The minimum Gasteiger partial charge on any atom is -0.541 e. The molecule has 1 aromatic rings. The molecule has 3 unspecified atom stereocenters. The number of esters is 1. The van der Waals surface area contributed by atoms with Crippen LogP contribution in [0.25, 0.3) is 0 Å². The second-order valence-corrected chi connectivity index (χ2v) is 15.1. The molecule has 3 rings (SSSR count). The number of rotatable bonds is 5. The van der Waals surface area contributed by atoms with Gasteiger partial charge in [0.2, 0.25) is 0 Å². The lowest BCUT2D eigenvalue weighted by molar-refractivity contribution is -0.000951. The molecule has 3 atom stereocenters. The van der Waals surface area contributed by atoms with Gasteiger partial charge in [-0.15, -0.1) is 0 Å². The molecule has 0 saturated heterocycles. The Labute approximate surface area is 177 Å². The van der Waals surface area contributed by atoms with Gasteiger partial charge in [-0.25, -0.2) is 4.79 Å². The minimum atomic E-state index is -1.99. The van der Waals surface area contributed by atoms with E-state index < -0.39 is 8.32 Å². The molecular weight excluding hydrogens is 380 g/mol. The summed E-state index contributed by atoms with van der Waals surface area (Å²) < 4.78 is 17.8. The summed E-state index contributed by atoms with van der Waals surface area (Å²) in [6.45, 7) is 11.0. The smallest absolute Gasteiger partial charge is 0.338 e. The van der Waals surface area contributed by atoms with E-state index in [2.05, 4.69) is 33.9 Å². The first kappa shape index (κ1) is 22.2. The monoisotopic (exact) mass is 418 g/mol. The highest BCUT2D eigenvalue weighted by atomic mass is 28.4. The molecular formula is C24H38O4Si. The molecule has 2 aliphatic carbocycles. The Bertz CT molecular complexity index is 722. The maximum atomic E-state index is 12.8. The molecule has 29 heavy (non-hydrogen) atoms. The van der Waals surface area contributed by atoms with Crippen molar-refractivity contribution in [3.05, 3.63) is 23.8 Å². The maximum Gasteiger partial charge on any atom is 0.338 e. The van der Waals surface area contributed by atoms with E-state index in [0.717, 1.165) is 24.7 Å². The summed E-state index contributed by atoms with van der Waals surface area (Å²) in [7, 11) is -0.368. The second-order valence-electron chi connectivity index (χ2n) is 10.4. The van der Waals surface area contributed by atoms with Crippen LogP contribution in [0.1, 0.15) is 76.1 Å². The Morgan fingerprint density at radius 2 is 1.69 bits per heavy atom. The van der Waals surface area contributed by atoms with Crippen LogP contribution in [0.5, 0.6) is 11.5 Å². The number of methoxy groups -OCH3 is 1. The molecule has 5 heteroatoms. The van der Waals surface area contributed by atoms with E-state index in [-0.39, 0.29) is 17.1 Å². The van der Waals surface area contributed by atoms with Crippen LogP contribution in [-0.2, 0) is 4.74 Å². The number of ether oxygens (including phenoxy) is 2. The summed E-state index contributed by atoms with van der Waals surface area (Å²) in [5.41, 5.74) is 0.537. The quantitative estimate of drug-likeness (QED) is 0.399. The minimum absolute atomic E-state index is 0.0519. The fourth-order valence-corrected chi connectivity index (χ4v) is 5.49. The molecule has 0 aromatic heterocycles. The number of carbonyl (C=O) groups is 1. The van der Waals surface area contributed by atoms with Crippen LogP contribution in [0.4, 0.5) is 0 Å². The van der Waals surface area contributed by atoms with Gasteiger partial charge in [-0.2, -0.15) is 0 Å². The number of hydrogen-bond acceptors (Lipinski definition) is 4. The van der Waals surface area contributed by atoms with Crippen LogP contribution < -0.4 is 9.16 Å². The van der Waals surface area contributed by atoms with Gasteiger partial charge in [0.1, 0.15) is 11.9 Å². The lowest BCUT2D eigenvalue weighted by Gasteiger charge is -2.38. The van der Waals surface area contributed by atoms with E-state index in [1.54, 1.807) is 19.2 Å². The Morgan fingerprint density at radius 1 is 1.00 bits per heavy atom. The summed E-state index contributed by atoms with van der Waals surface area (Å²) in [6.07, 6.45) is 8.63. The zero-order chi connectivity index (χ0) is 21.2. The number of fused-ring (bicyclic) bond motifs is 1. The third kappa shape index (κ3) is 5.17. The van der Waals surface area contributed by atoms with Gasteiger partial charge in [0.05, 0.1) is 12.7 Å². The average Bonchev–Trinajstić information content (AvgIpc) is 2.67. The number of carbonyl (C=O) groups excluding carboxylic acids is 1. The molecule has 0 bridgehead atoms. The van der Waals surface area contributed by atoms with E-state index in [0.29, 0.717) is 17.1 Å². The molecule has 2 aliphatic rings. The van der Waals surface area contributed by atoms with Crippen LogP contribution in [0.3, 0.4) is 0 Å². The molecule has 0 spiro atoms. The van der Waals surface area contributed by atoms with Crippen molar-refractivity contribution < 1.29 is 18.7 Å². The van der Waals surface area contributed by atoms with Crippen molar-refractivity contribution in [2.24, 2.45) is 11.8 Å². The second kappa shape index (κ2) is 8.71. The van der Waals surface area contributed by atoms with Gasteiger partial charge in [0.25, 0.3) is 8.32 Å². The first-order chi connectivity index (χ1) is 13.6. The van der Waals surface area contributed by atoms with Crippen molar-refractivity contribution in [1.82, 2.24) is 0 Å². The molecule has 1 aromatic carbocycles. The lowest BCUT2D eigenvalue weighted by atomic mass is 9.70. The summed E-state index contributed by atoms with van der Waals surface area (Å²) in [5.74, 6) is 2.65. The lowest BCUT2D eigenvalue weighted by Crippen LogP contribution is -2.43. The topological polar surface area (TPSA) is 44.8 Å². The van der Waals surface area contributed by atoms with Crippen LogP contribution in [0.2, 0.25) is 18.1 Å². The fourth-order valence-electron chi connectivity index (χ4n) is 4.46. The average molecular weight is 419 g/mol. The highest BCUT2D eigenvalue weighted by molar-refractivity contribution is 6.74. The van der Waals surface area contributed by atoms with Gasteiger partial charge < -0.3 is 13.9 Å². The van der Waals surface area contributed by atoms with Crippen molar-refractivity contribution in [1.29, 1.82) is 0 Å². The van der Waals surface area contributed by atoms with Crippen LogP contribution in [0.15, 0.2) is 18.2 Å². The van der Waals surface area contributed by atoms with Crippen LogP contribution >= 0.6 is 0 Å². The first-order valence-corrected chi connectivity index (χ1v) is 14.1. The summed E-state index contributed by atoms with van der Waals surface area (Å²) in [6, 6.07) is 5.42. The standard InChI is InChI=1S/C24H38O4Si/c1-24(2,3)29(5,6)28-21-14-12-19(16-22(21)26-4)23(25)27-20-13-11-17-9-7-8-10-18(17)15-20/h12,14,16-18,20H,7-11,13,15H2,1-6H3. The van der Waals surface area contributed by atoms with Gasteiger partial charge in [-0.05, 0) is 67.4 Å². The highest BCUT2D eigenvalue weighted by Crippen LogP contribution is 2.42. The van der Waals surface area contributed by atoms with Crippen molar-refractivity contribution in [3.8, 4) is 11.5 Å². The van der Waals surface area contributed by atoms with E-state index in [1.165, 1.54) is 32.1 Å². The summed E-state index contributed by atoms with van der Waals surface area (Å²) >= 11 is 0. The van der Waals surface area contributed by atoms with E-state index >= 15 is 0 Å². The Hall–Kier alpha value is -1.49. The summed E-state index contributed by atoms with van der Waals surface area (Å²) in [4.78, 5) is 12.8. The Kier molecular flexibility index (Phi) is 6.66. The first-order valence-electron chi connectivity index (χ1n) is 11.2. The van der Waals surface area contributed by atoms with Gasteiger partial charge in [-0.3, -0.25) is 0 Å². The molecule has 0 amide bonds. The van der Waals surface area contributed by atoms with Crippen molar-refractivity contribution in [3.63, 3.8) is 0 Å². The number of benzene rings is 1. The molecule has 0 N–H and O–H groups in total. The molecule has 2 fully saturated rings. The van der Waals surface area contributed by atoms with Gasteiger partial charge in [0.15, 0.2) is 5.75 Å². The van der Waals surface area contributed by atoms with Crippen molar-refractivity contribution in [2.45, 2.75) is 90.0 Å². The van der Waals surface area contributed by atoms with Crippen LogP contribution in [0, 0.1) is 11.8 Å². The predicted molar refractivity (Wildman–Crippen MR) is 119 cm³/mol. The van der Waals surface area contributed by atoms with Gasteiger partial charge >= 0.3 is 5.97 Å². The van der Waals surface area contributed by atoms with E-state index in [4.69, 9.17) is 13.9 Å². The zero-order valence-corrected chi connectivity index (χ0v) is 20.0. The zero-order valence-electron chi connectivity index (χ0n) is 19.0. The van der Waals surface area contributed by atoms with Gasteiger partial charge in [0, 0.05) is 0 Å². The molecule has 2 saturated carbocycles. The maximum absolute atomic E-state index is 12.8. The third-order valence-corrected chi connectivity index (χ3v) is 11.7.